The molecule has 2 aliphatic carbocycles. The minimum Gasteiger partial charge on any atom is -0.480 e. The van der Waals surface area contributed by atoms with Crippen LogP contribution in [0.2, 0.25) is 0 Å². The third kappa shape index (κ3) is 2.82. The molecule has 1 N–H and O–H groups in total. The van der Waals surface area contributed by atoms with E-state index in [-0.39, 0.29) is 18.6 Å². The average Bonchev–Trinajstić information content (AvgIpc) is 3.16. The van der Waals surface area contributed by atoms with Gasteiger partial charge in [-0.25, -0.2) is 4.79 Å². The summed E-state index contributed by atoms with van der Waals surface area (Å²) in [5.41, 5.74) is 0. The lowest BCUT2D eigenvalue weighted by Gasteiger charge is -2.32. The van der Waals surface area contributed by atoms with Crippen LogP contribution in [-0.4, -0.2) is 47.2 Å². The molecule has 3 rings (SSSR count). The van der Waals surface area contributed by atoms with Crippen molar-refractivity contribution in [2.45, 2.75) is 57.0 Å². The van der Waals surface area contributed by atoms with Crippen LogP contribution in [0.3, 0.4) is 0 Å². The van der Waals surface area contributed by atoms with E-state index in [0.29, 0.717) is 24.9 Å². The molecule has 1 heterocycles. The van der Waals surface area contributed by atoms with Crippen LogP contribution in [0, 0.1) is 11.8 Å². The first-order chi connectivity index (χ1) is 9.66. The van der Waals surface area contributed by atoms with Crippen molar-refractivity contribution in [3.8, 4) is 0 Å². The van der Waals surface area contributed by atoms with Gasteiger partial charge in [0.25, 0.3) is 0 Å². The minimum atomic E-state index is -0.866. The summed E-state index contributed by atoms with van der Waals surface area (Å²) in [7, 11) is 0. The second kappa shape index (κ2) is 5.72. The number of likely N-dealkylation sites (tertiary alicyclic amines) is 1. The van der Waals surface area contributed by atoms with Gasteiger partial charge in [0.2, 0.25) is 5.91 Å². The van der Waals surface area contributed by atoms with Gasteiger partial charge in [-0.15, -0.1) is 0 Å². The monoisotopic (exact) mass is 281 g/mol. The van der Waals surface area contributed by atoms with E-state index >= 15 is 0 Å². The molecule has 1 aliphatic heterocycles. The SMILES string of the molecule is O=C(O)[C@@H]1C[C@H]2CCCC[C@H]2N1C(=O)COCC1CC1. The molecule has 2 saturated carbocycles. The van der Waals surface area contributed by atoms with E-state index in [1.165, 1.54) is 12.8 Å². The summed E-state index contributed by atoms with van der Waals surface area (Å²) >= 11 is 0. The fourth-order valence-corrected chi connectivity index (χ4v) is 3.71. The number of hydrogen-bond donors (Lipinski definition) is 1. The first-order valence-corrected chi connectivity index (χ1v) is 7.78. The lowest BCUT2D eigenvalue weighted by molar-refractivity contribution is -0.152. The highest BCUT2D eigenvalue weighted by Gasteiger charge is 2.47. The third-order valence-electron chi connectivity index (χ3n) is 4.94. The topological polar surface area (TPSA) is 66.8 Å². The Hall–Kier alpha value is -1.10. The first-order valence-electron chi connectivity index (χ1n) is 7.78. The smallest absolute Gasteiger partial charge is 0.326 e. The molecule has 3 fully saturated rings. The van der Waals surface area contributed by atoms with Crippen LogP contribution >= 0.6 is 0 Å². The number of ether oxygens (including phenoxy) is 1. The van der Waals surface area contributed by atoms with E-state index in [9.17, 15) is 14.7 Å². The highest BCUT2D eigenvalue weighted by atomic mass is 16.5. The number of aliphatic carboxylic acids is 1. The van der Waals surface area contributed by atoms with Crippen LogP contribution in [0.15, 0.2) is 0 Å². The van der Waals surface area contributed by atoms with E-state index in [1.54, 1.807) is 4.90 Å². The van der Waals surface area contributed by atoms with Gasteiger partial charge in [0, 0.05) is 6.04 Å². The molecule has 5 heteroatoms. The number of carboxylic acids is 1. The predicted molar refractivity (Wildman–Crippen MR) is 72.2 cm³/mol. The minimum absolute atomic E-state index is 0.0451. The van der Waals surface area contributed by atoms with Crippen molar-refractivity contribution in [2.24, 2.45) is 11.8 Å². The Bertz CT molecular complexity index is 393. The summed E-state index contributed by atoms with van der Waals surface area (Å²) < 4.78 is 5.46. The summed E-state index contributed by atoms with van der Waals surface area (Å²) in [6.45, 7) is 0.689. The van der Waals surface area contributed by atoms with Crippen molar-refractivity contribution >= 4 is 11.9 Å². The molecule has 0 unspecified atom stereocenters. The molecule has 1 saturated heterocycles. The van der Waals surface area contributed by atoms with Crippen molar-refractivity contribution < 1.29 is 19.4 Å². The number of carboxylic acid groups (broad SMARTS) is 1. The Morgan fingerprint density at radius 2 is 1.90 bits per heavy atom. The third-order valence-corrected chi connectivity index (χ3v) is 4.94. The predicted octanol–water partition coefficient (Wildman–Crippen LogP) is 1.66. The van der Waals surface area contributed by atoms with Crippen molar-refractivity contribution in [1.29, 1.82) is 0 Å². The number of carbonyl (C=O) groups is 2. The van der Waals surface area contributed by atoms with Gasteiger partial charge in [-0.3, -0.25) is 4.79 Å². The molecular weight excluding hydrogens is 258 g/mol. The summed E-state index contributed by atoms with van der Waals surface area (Å²) in [6.07, 6.45) is 7.27. The molecule has 0 spiro atoms. The summed E-state index contributed by atoms with van der Waals surface area (Å²) in [5.74, 6) is -0.00120. The van der Waals surface area contributed by atoms with Gasteiger partial charge in [0.15, 0.2) is 0 Å². The molecule has 0 aromatic carbocycles. The van der Waals surface area contributed by atoms with Crippen molar-refractivity contribution in [3.63, 3.8) is 0 Å². The van der Waals surface area contributed by atoms with E-state index in [1.807, 2.05) is 0 Å². The molecule has 20 heavy (non-hydrogen) atoms. The van der Waals surface area contributed by atoms with Gasteiger partial charge in [-0.1, -0.05) is 12.8 Å². The fraction of sp³-hybridized carbons (Fsp3) is 0.867. The number of hydrogen-bond acceptors (Lipinski definition) is 3. The van der Waals surface area contributed by atoms with Gasteiger partial charge in [-0.2, -0.15) is 0 Å². The van der Waals surface area contributed by atoms with Gasteiger partial charge >= 0.3 is 5.97 Å². The number of carbonyl (C=O) groups excluding carboxylic acids is 1. The Balaban J connectivity index is 1.62. The maximum absolute atomic E-state index is 12.4. The Labute approximate surface area is 119 Å². The average molecular weight is 281 g/mol. The largest absolute Gasteiger partial charge is 0.480 e. The second-order valence-electron chi connectivity index (χ2n) is 6.46. The summed E-state index contributed by atoms with van der Waals surface area (Å²) in [6, 6.07) is -0.512. The quantitative estimate of drug-likeness (QED) is 0.832. The molecule has 0 aromatic rings. The van der Waals surface area contributed by atoms with Crippen LogP contribution < -0.4 is 0 Å². The highest BCUT2D eigenvalue weighted by Crippen LogP contribution is 2.39. The molecular formula is C15H23NO4. The molecule has 0 radical (unpaired) electrons. The lowest BCUT2D eigenvalue weighted by Crippen LogP contribution is -2.47. The van der Waals surface area contributed by atoms with Crippen LogP contribution in [0.1, 0.15) is 44.9 Å². The number of nitrogens with zero attached hydrogens (tertiary/aromatic N) is 1. The van der Waals surface area contributed by atoms with Crippen LogP contribution in [0.25, 0.3) is 0 Å². The number of fused-ring (bicyclic) bond motifs is 1. The van der Waals surface area contributed by atoms with E-state index in [0.717, 1.165) is 25.7 Å². The number of rotatable bonds is 5. The Morgan fingerprint density at radius 3 is 2.60 bits per heavy atom. The zero-order chi connectivity index (χ0) is 14.1. The van der Waals surface area contributed by atoms with E-state index < -0.39 is 12.0 Å². The van der Waals surface area contributed by atoms with Gasteiger partial charge in [0.1, 0.15) is 12.6 Å². The summed E-state index contributed by atoms with van der Waals surface area (Å²) in [4.78, 5) is 25.4. The Morgan fingerprint density at radius 1 is 1.15 bits per heavy atom. The maximum Gasteiger partial charge on any atom is 0.326 e. The maximum atomic E-state index is 12.4. The second-order valence-corrected chi connectivity index (χ2v) is 6.46. The van der Waals surface area contributed by atoms with Gasteiger partial charge in [-0.05, 0) is 43.9 Å². The Kier molecular flexibility index (Phi) is 3.96. The molecule has 1 amide bonds. The molecule has 5 nitrogen and oxygen atoms in total. The fourth-order valence-electron chi connectivity index (χ4n) is 3.71. The van der Waals surface area contributed by atoms with Crippen LogP contribution in [0.5, 0.6) is 0 Å². The van der Waals surface area contributed by atoms with Crippen LogP contribution in [-0.2, 0) is 14.3 Å². The normalized spacial score (nSPS) is 33.0. The van der Waals surface area contributed by atoms with Crippen LogP contribution in [0.4, 0.5) is 0 Å². The molecule has 0 bridgehead atoms. The zero-order valence-corrected chi connectivity index (χ0v) is 11.8. The number of amides is 1. The first kappa shape index (κ1) is 13.9. The highest BCUT2D eigenvalue weighted by molar-refractivity contribution is 5.85. The molecule has 3 aliphatic rings. The lowest BCUT2D eigenvalue weighted by atomic mass is 9.85. The van der Waals surface area contributed by atoms with Crippen molar-refractivity contribution in [1.82, 2.24) is 4.90 Å². The van der Waals surface area contributed by atoms with E-state index in [4.69, 9.17) is 4.74 Å². The molecule has 3 atom stereocenters. The standard InChI is InChI=1S/C15H23NO4/c17-14(9-20-8-10-5-6-10)16-12-4-2-1-3-11(12)7-13(16)15(18)19/h10-13H,1-9H2,(H,18,19)/t11-,12-,13+/m1/s1. The van der Waals surface area contributed by atoms with Gasteiger partial charge in [0.05, 0.1) is 6.61 Å². The van der Waals surface area contributed by atoms with Gasteiger partial charge < -0.3 is 14.7 Å². The summed E-state index contributed by atoms with van der Waals surface area (Å²) in [5, 5.41) is 9.37. The molecule has 112 valence electrons. The van der Waals surface area contributed by atoms with Crippen molar-refractivity contribution in [3.05, 3.63) is 0 Å². The zero-order valence-electron chi connectivity index (χ0n) is 11.8. The van der Waals surface area contributed by atoms with E-state index in [2.05, 4.69) is 0 Å². The van der Waals surface area contributed by atoms with Crippen molar-refractivity contribution in [2.75, 3.05) is 13.2 Å². The molecule has 0 aromatic heterocycles.